The molecule has 1 aliphatic heterocycles. The van der Waals surface area contributed by atoms with Crippen molar-refractivity contribution in [2.75, 3.05) is 26.7 Å². The highest BCUT2D eigenvalue weighted by Crippen LogP contribution is 2.26. The van der Waals surface area contributed by atoms with Crippen LogP contribution in [0.2, 0.25) is 5.02 Å². The number of aliphatic hydroxyl groups is 1. The minimum atomic E-state index is -0.965. The molecule has 1 aromatic heterocycles. The van der Waals surface area contributed by atoms with Gasteiger partial charge in [-0.3, -0.25) is 4.99 Å². The van der Waals surface area contributed by atoms with Gasteiger partial charge in [0.1, 0.15) is 11.6 Å². The van der Waals surface area contributed by atoms with E-state index in [1.807, 2.05) is 18.2 Å². The summed E-state index contributed by atoms with van der Waals surface area (Å²) < 4.78 is 30.4. The first-order chi connectivity index (χ1) is 14.4. The van der Waals surface area contributed by atoms with E-state index in [0.717, 1.165) is 58.6 Å². The Morgan fingerprint density at radius 2 is 1.88 bits per heavy atom. The Labute approximate surface area is 207 Å². The number of rotatable bonds is 5. The molecule has 1 atom stereocenters. The van der Waals surface area contributed by atoms with Crippen LogP contribution < -0.4 is 4.80 Å². The molecule has 0 bridgehead atoms. The van der Waals surface area contributed by atoms with Crippen molar-refractivity contribution in [1.82, 2.24) is 9.47 Å². The average Bonchev–Trinajstić information content (AvgIpc) is 3.05. The lowest BCUT2D eigenvalue weighted by Gasteiger charge is -2.33. The third-order valence-electron chi connectivity index (χ3n) is 5.74. The van der Waals surface area contributed by atoms with Crippen molar-refractivity contribution in [2.24, 2.45) is 10.9 Å². The van der Waals surface area contributed by atoms with Crippen molar-refractivity contribution >= 4 is 58.0 Å². The molecule has 32 heavy (non-hydrogen) atoms. The quantitative estimate of drug-likeness (QED) is 0.482. The largest absolute Gasteiger partial charge is 0.387 e. The molecule has 1 unspecified atom stereocenters. The summed E-state index contributed by atoms with van der Waals surface area (Å²) in [6, 6.07) is 9.25. The second-order valence-electron chi connectivity index (χ2n) is 7.76. The van der Waals surface area contributed by atoms with E-state index in [2.05, 4.69) is 14.5 Å². The van der Waals surface area contributed by atoms with Gasteiger partial charge in [-0.1, -0.05) is 29.0 Å². The van der Waals surface area contributed by atoms with Crippen LogP contribution in [0.15, 0.2) is 41.4 Å². The molecule has 2 aromatic carbocycles. The molecule has 176 valence electrons. The smallest absolute Gasteiger partial charge is 0.185 e. The number of piperidine rings is 1. The molecule has 10 heteroatoms. The van der Waals surface area contributed by atoms with Crippen LogP contribution in [0.1, 0.15) is 24.5 Å². The van der Waals surface area contributed by atoms with Crippen molar-refractivity contribution in [3.05, 3.63) is 63.4 Å². The molecule has 1 saturated heterocycles. The normalized spacial score (nSPS) is 16.6. The molecule has 0 saturated carbocycles. The third kappa shape index (κ3) is 6.01. The van der Waals surface area contributed by atoms with E-state index in [1.165, 1.54) is 12.1 Å². The maximum Gasteiger partial charge on any atom is 0.185 e. The number of benzene rings is 2. The molecular weight excluding hydrogens is 499 g/mol. The Balaban J connectivity index is 0.00000181. The van der Waals surface area contributed by atoms with Gasteiger partial charge in [0.15, 0.2) is 4.80 Å². The van der Waals surface area contributed by atoms with Gasteiger partial charge in [-0.25, -0.2) is 8.78 Å². The highest BCUT2D eigenvalue weighted by molar-refractivity contribution is 7.16. The van der Waals surface area contributed by atoms with Crippen LogP contribution in [-0.4, -0.2) is 41.3 Å². The van der Waals surface area contributed by atoms with Crippen LogP contribution in [0.25, 0.3) is 10.2 Å². The summed E-state index contributed by atoms with van der Waals surface area (Å²) in [6.07, 6.45) is 1.01. The summed E-state index contributed by atoms with van der Waals surface area (Å²) >= 11 is 7.78. The van der Waals surface area contributed by atoms with E-state index in [1.54, 1.807) is 18.4 Å². The molecule has 3 aromatic rings. The van der Waals surface area contributed by atoms with Crippen molar-refractivity contribution < 1.29 is 13.9 Å². The number of aromatic nitrogens is 1. The van der Waals surface area contributed by atoms with Crippen molar-refractivity contribution in [3.8, 4) is 0 Å². The van der Waals surface area contributed by atoms with Crippen LogP contribution >= 0.6 is 47.8 Å². The topological polar surface area (TPSA) is 40.8 Å². The van der Waals surface area contributed by atoms with Gasteiger partial charge in [-0.15, -0.1) is 24.8 Å². The lowest BCUT2D eigenvalue weighted by molar-refractivity contribution is 0.0845. The Kier molecular flexibility index (Phi) is 9.94. The van der Waals surface area contributed by atoms with E-state index in [9.17, 15) is 13.9 Å². The number of fused-ring (bicyclic) bond motifs is 1. The lowest BCUT2D eigenvalue weighted by Crippen LogP contribution is -2.38. The van der Waals surface area contributed by atoms with Crippen molar-refractivity contribution in [2.45, 2.75) is 25.5 Å². The summed E-state index contributed by atoms with van der Waals surface area (Å²) in [5.41, 5.74) is 1.29. The van der Waals surface area contributed by atoms with Gasteiger partial charge < -0.3 is 14.6 Å². The van der Waals surface area contributed by atoms with E-state index in [4.69, 9.17) is 11.6 Å². The third-order valence-corrected chi connectivity index (χ3v) is 7.10. The molecule has 1 N–H and O–H groups in total. The summed E-state index contributed by atoms with van der Waals surface area (Å²) in [5, 5.41) is 11.1. The molecule has 4 rings (SSSR count). The number of aliphatic hydroxyl groups excluding tert-OH is 1. The fraction of sp³-hybridized carbons (Fsp3) is 0.409. The standard InChI is InChI=1S/C22H24ClF2N3OS.2ClH/c1-26-22-28(19-5-2-15(23)10-21(19)30-22)12-14-6-8-27(9-7-14)13-20(29)17-4-3-16(24)11-18(17)25;;/h2-5,10-11,14,20,29H,6-9,12-13H2,1H3;2*1H/b26-22+;;. The summed E-state index contributed by atoms with van der Waals surface area (Å²) in [5.74, 6) is -0.836. The Bertz CT molecular complexity index is 1110. The highest BCUT2D eigenvalue weighted by Gasteiger charge is 2.24. The lowest BCUT2D eigenvalue weighted by atomic mass is 9.96. The van der Waals surface area contributed by atoms with Crippen LogP contribution in [0.5, 0.6) is 0 Å². The molecule has 2 heterocycles. The SMILES string of the molecule is C/N=c1/sc2cc(Cl)ccc2n1CC1CCN(CC(O)c2ccc(F)cc2F)CC1.Cl.Cl. The molecule has 0 radical (unpaired) electrons. The maximum atomic E-state index is 13.9. The number of thiazole rings is 1. The van der Waals surface area contributed by atoms with E-state index >= 15 is 0 Å². The molecule has 0 aliphatic carbocycles. The van der Waals surface area contributed by atoms with Crippen molar-refractivity contribution in [1.29, 1.82) is 0 Å². The molecular formula is C22H26Cl3F2N3OS. The molecule has 1 fully saturated rings. The van der Waals surface area contributed by atoms with Gasteiger partial charge in [0, 0.05) is 36.8 Å². The average molecular weight is 525 g/mol. The first-order valence-electron chi connectivity index (χ1n) is 10.0. The maximum absolute atomic E-state index is 13.9. The van der Waals surface area contributed by atoms with Crippen LogP contribution in [0, 0.1) is 17.6 Å². The predicted octanol–water partition coefficient (Wildman–Crippen LogP) is 5.45. The van der Waals surface area contributed by atoms with E-state index in [0.29, 0.717) is 12.5 Å². The Hall–Kier alpha value is -1.22. The van der Waals surface area contributed by atoms with Crippen LogP contribution in [-0.2, 0) is 6.54 Å². The Morgan fingerprint density at radius 1 is 1.16 bits per heavy atom. The van der Waals surface area contributed by atoms with E-state index < -0.39 is 17.7 Å². The van der Waals surface area contributed by atoms with Crippen LogP contribution in [0.4, 0.5) is 8.78 Å². The zero-order valence-corrected chi connectivity index (χ0v) is 20.7. The number of likely N-dealkylation sites (tertiary alicyclic amines) is 1. The zero-order valence-electron chi connectivity index (χ0n) is 17.5. The summed E-state index contributed by atoms with van der Waals surface area (Å²) in [6.45, 7) is 2.89. The van der Waals surface area contributed by atoms with Gasteiger partial charge in [-0.05, 0) is 56.1 Å². The fourth-order valence-corrected chi connectivity index (χ4v) is 5.39. The number of hydrogen-bond donors (Lipinski definition) is 1. The summed E-state index contributed by atoms with van der Waals surface area (Å²) in [4.78, 5) is 7.57. The second kappa shape index (κ2) is 11.8. The number of hydrogen-bond acceptors (Lipinski definition) is 4. The van der Waals surface area contributed by atoms with Crippen LogP contribution in [0.3, 0.4) is 0 Å². The van der Waals surface area contributed by atoms with Gasteiger partial charge in [0.05, 0.1) is 16.3 Å². The first kappa shape index (κ1) is 27.0. The van der Waals surface area contributed by atoms with Gasteiger partial charge >= 0.3 is 0 Å². The number of β-amino-alcohol motifs (C(OH)–C–C–N with tert-alkyl or cyclic N) is 1. The van der Waals surface area contributed by atoms with E-state index in [-0.39, 0.29) is 30.4 Å². The number of nitrogens with zero attached hydrogens (tertiary/aromatic N) is 3. The van der Waals surface area contributed by atoms with Gasteiger partial charge in [0.2, 0.25) is 0 Å². The summed E-state index contributed by atoms with van der Waals surface area (Å²) in [7, 11) is 1.81. The van der Waals surface area contributed by atoms with Crippen molar-refractivity contribution in [3.63, 3.8) is 0 Å². The van der Waals surface area contributed by atoms with Gasteiger partial charge in [0.25, 0.3) is 0 Å². The monoisotopic (exact) mass is 523 g/mol. The Morgan fingerprint density at radius 3 is 2.53 bits per heavy atom. The second-order valence-corrected chi connectivity index (χ2v) is 9.20. The molecule has 0 amide bonds. The molecule has 4 nitrogen and oxygen atoms in total. The molecule has 1 aliphatic rings. The minimum Gasteiger partial charge on any atom is -0.387 e. The molecule has 0 spiro atoms. The van der Waals surface area contributed by atoms with Gasteiger partial charge in [-0.2, -0.15) is 0 Å². The fourth-order valence-electron chi connectivity index (χ4n) is 4.12. The zero-order chi connectivity index (χ0) is 21.3. The number of halogens is 5. The highest BCUT2D eigenvalue weighted by atomic mass is 35.5. The minimum absolute atomic E-state index is 0. The predicted molar refractivity (Wildman–Crippen MR) is 131 cm³/mol. The first-order valence-corrected chi connectivity index (χ1v) is 11.2.